The van der Waals surface area contributed by atoms with Crippen LogP contribution in [-0.2, 0) is 11.3 Å². The van der Waals surface area contributed by atoms with Gasteiger partial charge < -0.3 is 10.6 Å². The van der Waals surface area contributed by atoms with Crippen LogP contribution in [0.4, 0.5) is 4.39 Å². The number of likely N-dealkylation sites (tertiary alicyclic amines) is 1. The fourth-order valence-corrected chi connectivity index (χ4v) is 1.79. The van der Waals surface area contributed by atoms with Gasteiger partial charge in [-0.1, -0.05) is 18.2 Å². The maximum Gasteiger partial charge on any atom is 0.224 e. The molecule has 80 valence electrons. The number of nitrogens with zero attached hydrogens (tertiary/aromatic N) is 1. The zero-order valence-corrected chi connectivity index (χ0v) is 8.32. The number of benzene rings is 1. The molecule has 1 atom stereocenters. The van der Waals surface area contributed by atoms with Crippen LogP contribution in [0.15, 0.2) is 24.3 Å². The maximum atomic E-state index is 13.3. The quantitative estimate of drug-likeness (QED) is 0.784. The van der Waals surface area contributed by atoms with Gasteiger partial charge in [0.05, 0.1) is 0 Å². The summed E-state index contributed by atoms with van der Waals surface area (Å²) in [6.45, 7) is 0.840. The van der Waals surface area contributed by atoms with Crippen molar-refractivity contribution >= 4 is 5.91 Å². The van der Waals surface area contributed by atoms with E-state index in [0.717, 1.165) is 0 Å². The van der Waals surface area contributed by atoms with Crippen molar-refractivity contribution in [3.8, 4) is 0 Å². The van der Waals surface area contributed by atoms with Gasteiger partial charge in [0.25, 0.3) is 0 Å². The zero-order valence-electron chi connectivity index (χ0n) is 8.32. The van der Waals surface area contributed by atoms with Crippen LogP contribution in [-0.4, -0.2) is 23.4 Å². The lowest BCUT2D eigenvalue weighted by atomic mass is 10.2. The van der Waals surface area contributed by atoms with Gasteiger partial charge in [0.1, 0.15) is 5.82 Å². The van der Waals surface area contributed by atoms with Gasteiger partial charge in [-0.2, -0.15) is 0 Å². The van der Waals surface area contributed by atoms with Crippen LogP contribution in [0.25, 0.3) is 0 Å². The van der Waals surface area contributed by atoms with E-state index in [0.29, 0.717) is 25.1 Å². The predicted molar refractivity (Wildman–Crippen MR) is 54.4 cm³/mol. The molecule has 2 N–H and O–H groups in total. The van der Waals surface area contributed by atoms with E-state index >= 15 is 0 Å². The van der Waals surface area contributed by atoms with E-state index in [2.05, 4.69) is 0 Å². The van der Waals surface area contributed by atoms with Crippen LogP contribution in [0.5, 0.6) is 0 Å². The van der Waals surface area contributed by atoms with E-state index in [9.17, 15) is 9.18 Å². The van der Waals surface area contributed by atoms with Crippen molar-refractivity contribution in [2.45, 2.75) is 19.0 Å². The van der Waals surface area contributed by atoms with Gasteiger partial charge >= 0.3 is 0 Å². The summed E-state index contributed by atoms with van der Waals surface area (Å²) in [4.78, 5) is 13.0. The third kappa shape index (κ3) is 2.15. The van der Waals surface area contributed by atoms with Crippen LogP contribution >= 0.6 is 0 Å². The molecule has 1 amide bonds. The Labute approximate surface area is 87.7 Å². The first kappa shape index (κ1) is 10.1. The lowest BCUT2D eigenvalue weighted by Gasteiger charge is -2.16. The molecule has 1 fully saturated rings. The number of halogens is 1. The summed E-state index contributed by atoms with van der Waals surface area (Å²) in [6.07, 6.45) is 0.369. The van der Waals surface area contributed by atoms with E-state index in [1.54, 1.807) is 23.1 Å². The molecule has 1 aliphatic rings. The van der Waals surface area contributed by atoms with E-state index in [1.165, 1.54) is 6.07 Å². The predicted octanol–water partition coefficient (Wildman–Crippen LogP) is 0.885. The minimum Gasteiger partial charge on any atom is -0.337 e. The summed E-state index contributed by atoms with van der Waals surface area (Å²) in [5, 5.41) is 0. The van der Waals surface area contributed by atoms with Crippen LogP contribution in [0, 0.1) is 5.82 Å². The summed E-state index contributed by atoms with van der Waals surface area (Å²) >= 11 is 0. The van der Waals surface area contributed by atoms with E-state index in [-0.39, 0.29) is 17.8 Å². The average Bonchev–Trinajstić information content (AvgIpc) is 2.49. The van der Waals surface area contributed by atoms with Gasteiger partial charge in [-0.3, -0.25) is 4.79 Å². The number of amides is 1. The van der Waals surface area contributed by atoms with Crippen molar-refractivity contribution in [1.29, 1.82) is 0 Å². The van der Waals surface area contributed by atoms with E-state index < -0.39 is 0 Å². The minimum absolute atomic E-state index is 0.00533. The van der Waals surface area contributed by atoms with Crippen molar-refractivity contribution in [3.05, 3.63) is 35.6 Å². The molecule has 0 spiro atoms. The fourth-order valence-electron chi connectivity index (χ4n) is 1.79. The number of carbonyl (C=O) groups is 1. The standard InChI is InChI=1S/C11H13FN2O/c12-10-4-2-1-3-8(10)6-14-7-9(13)5-11(14)15/h1-4,9H,5-7,13H2/t9-/m1/s1. The smallest absolute Gasteiger partial charge is 0.224 e. The SMILES string of the molecule is N[C@@H]1CC(=O)N(Cc2ccccc2F)C1. The molecule has 4 heteroatoms. The zero-order chi connectivity index (χ0) is 10.8. The van der Waals surface area contributed by atoms with Crippen LogP contribution in [0.1, 0.15) is 12.0 Å². The first-order valence-corrected chi connectivity index (χ1v) is 4.93. The molecule has 1 aromatic carbocycles. The molecule has 0 saturated carbocycles. The molecule has 1 heterocycles. The average molecular weight is 208 g/mol. The topological polar surface area (TPSA) is 46.3 Å². The highest BCUT2D eigenvalue weighted by Gasteiger charge is 2.27. The molecule has 0 radical (unpaired) electrons. The van der Waals surface area contributed by atoms with E-state index in [4.69, 9.17) is 5.73 Å². The lowest BCUT2D eigenvalue weighted by molar-refractivity contribution is -0.128. The molecular formula is C11H13FN2O. The van der Waals surface area contributed by atoms with Crippen molar-refractivity contribution in [2.75, 3.05) is 6.54 Å². The second kappa shape index (κ2) is 3.98. The van der Waals surface area contributed by atoms with Crippen molar-refractivity contribution in [3.63, 3.8) is 0 Å². The van der Waals surface area contributed by atoms with Gasteiger partial charge in [0.15, 0.2) is 0 Å². The summed E-state index contributed by atoms with van der Waals surface area (Å²) < 4.78 is 13.3. The Balaban J connectivity index is 2.09. The first-order valence-electron chi connectivity index (χ1n) is 4.93. The molecule has 0 bridgehead atoms. The van der Waals surface area contributed by atoms with Crippen LogP contribution in [0.3, 0.4) is 0 Å². The van der Waals surface area contributed by atoms with Gasteiger partial charge in [0.2, 0.25) is 5.91 Å². The van der Waals surface area contributed by atoms with Gasteiger partial charge in [-0.15, -0.1) is 0 Å². The summed E-state index contributed by atoms with van der Waals surface area (Å²) in [5.41, 5.74) is 6.19. The Hall–Kier alpha value is -1.42. The third-order valence-electron chi connectivity index (χ3n) is 2.56. The van der Waals surface area contributed by atoms with Crippen molar-refractivity contribution in [1.82, 2.24) is 4.90 Å². The highest BCUT2D eigenvalue weighted by atomic mass is 19.1. The monoisotopic (exact) mass is 208 g/mol. The maximum absolute atomic E-state index is 13.3. The van der Waals surface area contributed by atoms with Gasteiger partial charge in [0, 0.05) is 31.1 Å². The Morgan fingerprint density at radius 1 is 1.47 bits per heavy atom. The van der Waals surface area contributed by atoms with Crippen LogP contribution in [0.2, 0.25) is 0 Å². The molecule has 2 rings (SSSR count). The number of hydrogen-bond acceptors (Lipinski definition) is 2. The Morgan fingerprint density at radius 2 is 2.20 bits per heavy atom. The Bertz CT molecular complexity index is 381. The molecule has 1 aliphatic heterocycles. The van der Waals surface area contributed by atoms with Gasteiger partial charge in [-0.25, -0.2) is 4.39 Å². The highest BCUT2D eigenvalue weighted by Crippen LogP contribution is 2.15. The Kier molecular flexibility index (Phi) is 2.68. The molecule has 15 heavy (non-hydrogen) atoms. The molecule has 0 aromatic heterocycles. The first-order chi connectivity index (χ1) is 7.16. The molecule has 0 aliphatic carbocycles. The summed E-state index contributed by atoms with van der Waals surface area (Å²) in [7, 11) is 0. The largest absolute Gasteiger partial charge is 0.337 e. The lowest BCUT2D eigenvalue weighted by Crippen LogP contribution is -2.28. The molecular weight excluding hydrogens is 195 g/mol. The molecule has 3 nitrogen and oxygen atoms in total. The third-order valence-corrected chi connectivity index (χ3v) is 2.56. The van der Waals surface area contributed by atoms with Gasteiger partial charge in [-0.05, 0) is 6.07 Å². The van der Waals surface area contributed by atoms with Crippen molar-refractivity contribution in [2.24, 2.45) is 5.73 Å². The minimum atomic E-state index is -0.272. The molecule has 1 saturated heterocycles. The number of rotatable bonds is 2. The normalized spacial score (nSPS) is 21.1. The number of nitrogens with two attached hydrogens (primary N) is 1. The summed E-state index contributed by atoms with van der Waals surface area (Å²) in [6, 6.07) is 6.38. The van der Waals surface area contributed by atoms with Crippen molar-refractivity contribution < 1.29 is 9.18 Å². The fraction of sp³-hybridized carbons (Fsp3) is 0.364. The summed E-state index contributed by atoms with van der Waals surface area (Å²) in [5.74, 6) is -0.267. The number of carbonyl (C=O) groups excluding carboxylic acids is 1. The highest BCUT2D eigenvalue weighted by molar-refractivity contribution is 5.79. The Morgan fingerprint density at radius 3 is 2.80 bits per heavy atom. The second-order valence-corrected chi connectivity index (χ2v) is 3.83. The second-order valence-electron chi connectivity index (χ2n) is 3.83. The molecule has 1 aromatic rings. The molecule has 0 unspecified atom stereocenters. The van der Waals surface area contributed by atoms with E-state index in [1.807, 2.05) is 0 Å². The number of hydrogen-bond donors (Lipinski definition) is 1. The van der Waals surface area contributed by atoms with Crippen LogP contribution < -0.4 is 5.73 Å².